The highest BCUT2D eigenvalue weighted by Crippen LogP contribution is 2.26. The Balaban J connectivity index is 1.96. The van der Waals surface area contributed by atoms with Gasteiger partial charge in [0.15, 0.2) is 0 Å². The number of carbonyl (C=O) groups excluding carboxylic acids is 3. The summed E-state index contributed by atoms with van der Waals surface area (Å²) < 4.78 is 0. The van der Waals surface area contributed by atoms with E-state index >= 15 is 0 Å². The van der Waals surface area contributed by atoms with Gasteiger partial charge in [0.1, 0.15) is 0 Å². The van der Waals surface area contributed by atoms with Crippen molar-refractivity contribution < 1.29 is 14.4 Å². The van der Waals surface area contributed by atoms with Gasteiger partial charge < -0.3 is 21.3 Å². The molecule has 4 N–H and O–H groups in total. The maximum atomic E-state index is 12.4. The quantitative estimate of drug-likeness (QED) is 0.454. The van der Waals surface area contributed by atoms with Crippen LogP contribution in [0.4, 0.5) is 22.7 Å². The van der Waals surface area contributed by atoms with E-state index in [1.54, 1.807) is 42.5 Å². The molecule has 0 aliphatic heterocycles. The zero-order valence-corrected chi connectivity index (χ0v) is 19.0. The lowest BCUT2D eigenvalue weighted by Crippen LogP contribution is -2.27. The van der Waals surface area contributed by atoms with E-state index in [4.69, 9.17) is 11.6 Å². The predicted molar refractivity (Wildman–Crippen MR) is 127 cm³/mol. The summed E-state index contributed by atoms with van der Waals surface area (Å²) in [5.74, 6) is -0.492. The van der Waals surface area contributed by atoms with Gasteiger partial charge in [-0.05, 0) is 42.8 Å². The molecule has 0 fully saturated rings. The second kappa shape index (κ2) is 10.8. The minimum Gasteiger partial charge on any atom is -0.376 e. The topological polar surface area (TPSA) is 99.3 Å². The first-order chi connectivity index (χ1) is 14.6. The standard InChI is InChI=1S/C23H29ClN4O3/c1-5-7-20(29)26-17-10-11-18(24)19(13-17)28-21(30)14-25-15-8-6-9-16(12-15)27-22(31)23(2,3)4/h6,8-13,25H,5,7,14H2,1-4H3,(H,26,29)(H,27,31)(H,28,30). The van der Waals surface area contributed by atoms with Gasteiger partial charge in [-0.2, -0.15) is 0 Å². The van der Waals surface area contributed by atoms with Crippen molar-refractivity contribution in [3.63, 3.8) is 0 Å². The van der Waals surface area contributed by atoms with E-state index in [1.165, 1.54) is 0 Å². The summed E-state index contributed by atoms with van der Waals surface area (Å²) >= 11 is 6.17. The van der Waals surface area contributed by atoms with Crippen LogP contribution in [-0.4, -0.2) is 24.3 Å². The number of benzene rings is 2. The summed E-state index contributed by atoms with van der Waals surface area (Å²) in [6, 6.07) is 12.1. The van der Waals surface area contributed by atoms with Crippen molar-refractivity contribution in [2.45, 2.75) is 40.5 Å². The SMILES string of the molecule is CCCC(=O)Nc1ccc(Cl)c(NC(=O)CNc2cccc(NC(=O)C(C)(C)C)c2)c1. The molecule has 3 amide bonds. The van der Waals surface area contributed by atoms with Crippen molar-refractivity contribution >= 4 is 52.1 Å². The molecule has 0 bridgehead atoms. The molecule has 7 nitrogen and oxygen atoms in total. The Bertz CT molecular complexity index is 954. The molecule has 0 radical (unpaired) electrons. The highest BCUT2D eigenvalue weighted by molar-refractivity contribution is 6.33. The van der Waals surface area contributed by atoms with Gasteiger partial charge in [0.2, 0.25) is 17.7 Å². The Morgan fingerprint density at radius 2 is 1.55 bits per heavy atom. The van der Waals surface area contributed by atoms with Gasteiger partial charge in [-0.15, -0.1) is 0 Å². The molecule has 0 unspecified atom stereocenters. The molecule has 2 rings (SSSR count). The molecule has 0 aromatic heterocycles. The van der Waals surface area contributed by atoms with Crippen LogP contribution in [0.25, 0.3) is 0 Å². The molecule has 0 saturated carbocycles. The van der Waals surface area contributed by atoms with Gasteiger partial charge in [0.25, 0.3) is 0 Å². The number of rotatable bonds is 8. The van der Waals surface area contributed by atoms with Crippen molar-refractivity contribution in [3.8, 4) is 0 Å². The molecule has 8 heteroatoms. The van der Waals surface area contributed by atoms with Crippen molar-refractivity contribution in [2.75, 3.05) is 27.8 Å². The smallest absolute Gasteiger partial charge is 0.243 e. The van der Waals surface area contributed by atoms with Gasteiger partial charge in [-0.25, -0.2) is 0 Å². The lowest BCUT2D eigenvalue weighted by molar-refractivity contribution is -0.123. The molecule has 0 spiro atoms. The zero-order valence-electron chi connectivity index (χ0n) is 18.3. The first kappa shape index (κ1) is 24.2. The fourth-order valence-electron chi connectivity index (χ4n) is 2.55. The second-order valence-electron chi connectivity index (χ2n) is 8.18. The number of halogens is 1. The molecule has 2 aromatic carbocycles. The Kier molecular flexibility index (Phi) is 8.45. The summed E-state index contributed by atoms with van der Waals surface area (Å²) in [7, 11) is 0. The van der Waals surface area contributed by atoms with Gasteiger partial charge in [-0.3, -0.25) is 14.4 Å². The number of hydrogen-bond acceptors (Lipinski definition) is 4. The molecular weight excluding hydrogens is 416 g/mol. The molecule has 0 aliphatic rings. The first-order valence-electron chi connectivity index (χ1n) is 10.1. The lowest BCUT2D eigenvalue weighted by Gasteiger charge is -2.18. The van der Waals surface area contributed by atoms with E-state index in [0.29, 0.717) is 34.2 Å². The summed E-state index contributed by atoms with van der Waals surface area (Å²) in [6.45, 7) is 7.44. The summed E-state index contributed by atoms with van der Waals surface area (Å²) in [5.41, 5.74) is 1.80. The van der Waals surface area contributed by atoms with Crippen LogP contribution >= 0.6 is 11.6 Å². The third-order valence-corrected chi connectivity index (χ3v) is 4.59. The summed E-state index contributed by atoms with van der Waals surface area (Å²) in [5, 5.41) is 11.8. The average molecular weight is 445 g/mol. The van der Waals surface area contributed by atoms with Crippen molar-refractivity contribution in [3.05, 3.63) is 47.5 Å². The third-order valence-electron chi connectivity index (χ3n) is 4.26. The fraction of sp³-hybridized carbons (Fsp3) is 0.348. The van der Waals surface area contributed by atoms with Crippen molar-refractivity contribution in [1.82, 2.24) is 0 Å². The van der Waals surface area contributed by atoms with Crippen LogP contribution in [0.15, 0.2) is 42.5 Å². The fourth-order valence-corrected chi connectivity index (χ4v) is 2.72. The minimum atomic E-state index is -0.507. The van der Waals surface area contributed by atoms with E-state index in [2.05, 4.69) is 21.3 Å². The first-order valence-corrected chi connectivity index (χ1v) is 10.5. The van der Waals surface area contributed by atoms with E-state index in [-0.39, 0.29) is 24.3 Å². The predicted octanol–water partition coefficient (Wildman–Crippen LogP) is 5.11. The Morgan fingerprint density at radius 3 is 2.23 bits per heavy atom. The van der Waals surface area contributed by atoms with Crippen LogP contribution in [0, 0.1) is 5.41 Å². The molecule has 166 valence electrons. The van der Waals surface area contributed by atoms with Crippen LogP contribution in [0.1, 0.15) is 40.5 Å². The molecule has 2 aromatic rings. The number of amides is 3. The van der Waals surface area contributed by atoms with Gasteiger partial charge in [-0.1, -0.05) is 45.4 Å². The maximum absolute atomic E-state index is 12.4. The van der Waals surface area contributed by atoms with Crippen molar-refractivity contribution in [1.29, 1.82) is 0 Å². The molecule has 31 heavy (non-hydrogen) atoms. The molecule has 0 aliphatic carbocycles. The minimum absolute atomic E-state index is 0.000574. The largest absolute Gasteiger partial charge is 0.376 e. The van der Waals surface area contributed by atoms with Gasteiger partial charge in [0.05, 0.1) is 17.3 Å². The highest BCUT2D eigenvalue weighted by Gasteiger charge is 2.21. The monoisotopic (exact) mass is 444 g/mol. The molecule has 0 heterocycles. The lowest BCUT2D eigenvalue weighted by atomic mass is 9.95. The van der Waals surface area contributed by atoms with Gasteiger partial charge in [0, 0.05) is 28.9 Å². The number of hydrogen-bond donors (Lipinski definition) is 4. The van der Waals surface area contributed by atoms with Crippen LogP contribution in [0.3, 0.4) is 0 Å². The maximum Gasteiger partial charge on any atom is 0.243 e. The molecule has 0 saturated heterocycles. The summed E-state index contributed by atoms with van der Waals surface area (Å²) in [4.78, 5) is 36.3. The van der Waals surface area contributed by atoms with Gasteiger partial charge >= 0.3 is 0 Å². The van der Waals surface area contributed by atoms with Crippen molar-refractivity contribution in [2.24, 2.45) is 5.41 Å². The second-order valence-corrected chi connectivity index (χ2v) is 8.59. The number of carbonyl (C=O) groups is 3. The van der Waals surface area contributed by atoms with Crippen LogP contribution in [0.2, 0.25) is 5.02 Å². The highest BCUT2D eigenvalue weighted by atomic mass is 35.5. The zero-order chi connectivity index (χ0) is 23.0. The molecular formula is C23H29ClN4O3. The van der Waals surface area contributed by atoms with E-state index in [0.717, 1.165) is 6.42 Å². The number of anilines is 4. The average Bonchev–Trinajstić information content (AvgIpc) is 2.69. The van der Waals surface area contributed by atoms with E-state index in [9.17, 15) is 14.4 Å². The third kappa shape index (κ3) is 7.94. The van der Waals surface area contributed by atoms with E-state index in [1.807, 2.05) is 27.7 Å². The molecule has 0 atom stereocenters. The summed E-state index contributed by atoms with van der Waals surface area (Å²) in [6.07, 6.45) is 1.17. The Hall–Kier alpha value is -3.06. The Morgan fingerprint density at radius 1 is 0.871 bits per heavy atom. The Labute approximate surface area is 187 Å². The normalized spacial score (nSPS) is 10.9. The number of nitrogens with one attached hydrogen (secondary N) is 4. The van der Waals surface area contributed by atoms with E-state index < -0.39 is 5.41 Å². The van der Waals surface area contributed by atoms with Crippen LogP contribution in [0.5, 0.6) is 0 Å². The van der Waals surface area contributed by atoms with Crippen LogP contribution in [-0.2, 0) is 14.4 Å². The van der Waals surface area contributed by atoms with Crippen LogP contribution < -0.4 is 21.3 Å².